The highest BCUT2D eigenvalue weighted by Crippen LogP contribution is 2.21. The van der Waals surface area contributed by atoms with E-state index in [1.54, 1.807) is 0 Å². The third-order valence-electron chi connectivity index (χ3n) is 5.56. The van der Waals surface area contributed by atoms with Gasteiger partial charge in [0, 0.05) is 19.1 Å². The average molecular weight is 381 g/mol. The normalized spacial score (nSPS) is 21.1. The van der Waals surface area contributed by atoms with E-state index in [4.69, 9.17) is 4.74 Å². The first kappa shape index (κ1) is 21.0. The molecule has 4 nitrogen and oxygen atoms in total. The maximum atomic E-state index is 12.7. The van der Waals surface area contributed by atoms with Crippen molar-refractivity contribution in [3.05, 3.63) is 29.8 Å². The Labute approximate surface area is 164 Å². The number of carbonyl (C=O) groups excluding carboxylic acids is 1. The van der Waals surface area contributed by atoms with Gasteiger partial charge in [-0.05, 0) is 70.7 Å². The van der Waals surface area contributed by atoms with Gasteiger partial charge < -0.3 is 14.5 Å². The van der Waals surface area contributed by atoms with Crippen molar-refractivity contribution >= 4 is 18.3 Å². The topological polar surface area (TPSA) is 32.8 Å². The maximum absolute atomic E-state index is 12.7. The molecular formula is C21H33ClN2O2. The third kappa shape index (κ3) is 6.17. The number of piperidine rings is 2. The molecule has 2 aliphatic rings. The van der Waals surface area contributed by atoms with Gasteiger partial charge >= 0.3 is 0 Å². The Hall–Kier alpha value is -1.26. The van der Waals surface area contributed by atoms with Gasteiger partial charge in [0.2, 0.25) is 0 Å². The second-order valence-corrected chi connectivity index (χ2v) is 7.53. The van der Waals surface area contributed by atoms with E-state index in [2.05, 4.69) is 16.7 Å². The van der Waals surface area contributed by atoms with Crippen molar-refractivity contribution in [2.75, 3.05) is 32.8 Å². The molecule has 0 N–H and O–H groups in total. The van der Waals surface area contributed by atoms with Gasteiger partial charge in [0.1, 0.15) is 5.75 Å². The number of nitrogens with zero attached hydrogens (tertiary/aromatic N) is 2. The number of likely N-dealkylation sites (tertiary alicyclic amines) is 2. The monoisotopic (exact) mass is 380 g/mol. The van der Waals surface area contributed by atoms with Gasteiger partial charge in [-0.1, -0.05) is 24.1 Å². The highest BCUT2D eigenvalue weighted by atomic mass is 35.5. The van der Waals surface area contributed by atoms with Crippen molar-refractivity contribution in [1.29, 1.82) is 0 Å². The largest absolute Gasteiger partial charge is 0.484 e. The summed E-state index contributed by atoms with van der Waals surface area (Å²) in [6.45, 7) is 6.70. The molecule has 0 aromatic heterocycles. The average Bonchev–Trinajstić information content (AvgIpc) is 2.67. The first-order valence-electron chi connectivity index (χ1n) is 9.94. The number of ether oxygens (including phenoxy) is 1. The number of carbonyl (C=O) groups is 1. The number of aryl methyl sites for hydroxylation is 1. The van der Waals surface area contributed by atoms with Crippen LogP contribution >= 0.6 is 12.4 Å². The fourth-order valence-electron chi connectivity index (χ4n) is 4.01. The Morgan fingerprint density at radius 2 is 1.73 bits per heavy atom. The van der Waals surface area contributed by atoms with E-state index < -0.39 is 0 Å². The smallest absolute Gasteiger partial charge is 0.260 e. The van der Waals surface area contributed by atoms with Crippen LogP contribution in [0.2, 0.25) is 0 Å². The fourth-order valence-corrected chi connectivity index (χ4v) is 4.01. The molecule has 0 bridgehead atoms. The van der Waals surface area contributed by atoms with E-state index in [9.17, 15) is 4.79 Å². The molecule has 2 saturated heterocycles. The molecule has 2 heterocycles. The molecule has 3 rings (SSSR count). The lowest BCUT2D eigenvalue weighted by Gasteiger charge is -2.37. The van der Waals surface area contributed by atoms with Crippen molar-refractivity contribution in [3.8, 4) is 5.75 Å². The molecule has 0 spiro atoms. The zero-order chi connectivity index (χ0) is 17.5. The van der Waals surface area contributed by atoms with Gasteiger partial charge in [-0.25, -0.2) is 0 Å². The number of rotatable bonds is 6. The second-order valence-electron chi connectivity index (χ2n) is 7.53. The van der Waals surface area contributed by atoms with Crippen molar-refractivity contribution in [2.45, 2.75) is 57.9 Å². The Kier molecular flexibility index (Phi) is 8.73. The van der Waals surface area contributed by atoms with Gasteiger partial charge in [-0.2, -0.15) is 0 Å². The van der Waals surface area contributed by atoms with Gasteiger partial charge in [0.15, 0.2) is 6.61 Å². The molecule has 1 unspecified atom stereocenters. The number of benzene rings is 1. The van der Waals surface area contributed by atoms with Crippen LogP contribution < -0.4 is 4.74 Å². The molecule has 1 aromatic carbocycles. The van der Waals surface area contributed by atoms with E-state index in [0.29, 0.717) is 6.04 Å². The summed E-state index contributed by atoms with van der Waals surface area (Å²) in [5, 5.41) is 0. The maximum Gasteiger partial charge on any atom is 0.260 e. The summed E-state index contributed by atoms with van der Waals surface area (Å²) in [6.07, 6.45) is 8.65. The van der Waals surface area contributed by atoms with Crippen LogP contribution in [-0.4, -0.2) is 54.5 Å². The predicted octanol–water partition coefficient (Wildman–Crippen LogP) is 4.05. The van der Waals surface area contributed by atoms with Crippen LogP contribution in [0.15, 0.2) is 24.3 Å². The molecular weight excluding hydrogens is 348 g/mol. The zero-order valence-electron chi connectivity index (χ0n) is 16.0. The summed E-state index contributed by atoms with van der Waals surface area (Å²) >= 11 is 0. The van der Waals surface area contributed by atoms with Crippen LogP contribution in [0.1, 0.15) is 50.5 Å². The van der Waals surface area contributed by atoms with Crippen LogP contribution in [-0.2, 0) is 4.79 Å². The number of hydrogen-bond donors (Lipinski definition) is 0. The molecule has 1 amide bonds. The summed E-state index contributed by atoms with van der Waals surface area (Å²) in [6, 6.07) is 8.30. The molecule has 0 aliphatic carbocycles. The van der Waals surface area contributed by atoms with Crippen molar-refractivity contribution < 1.29 is 9.53 Å². The minimum atomic E-state index is 0. The summed E-state index contributed by atoms with van der Waals surface area (Å²) in [5.74, 6) is 0.921. The van der Waals surface area contributed by atoms with Crippen molar-refractivity contribution in [3.63, 3.8) is 0 Å². The van der Waals surface area contributed by atoms with Crippen LogP contribution in [0, 0.1) is 6.92 Å². The van der Waals surface area contributed by atoms with Crippen molar-refractivity contribution in [1.82, 2.24) is 9.80 Å². The van der Waals surface area contributed by atoms with E-state index >= 15 is 0 Å². The van der Waals surface area contributed by atoms with Gasteiger partial charge in [-0.15, -0.1) is 12.4 Å². The molecule has 1 atom stereocenters. The third-order valence-corrected chi connectivity index (χ3v) is 5.56. The molecule has 26 heavy (non-hydrogen) atoms. The lowest BCUT2D eigenvalue weighted by atomic mass is 9.98. The molecule has 0 radical (unpaired) electrons. The molecule has 146 valence electrons. The molecule has 0 saturated carbocycles. The lowest BCUT2D eigenvalue weighted by Crippen LogP contribution is -2.47. The van der Waals surface area contributed by atoms with Crippen LogP contribution in [0.3, 0.4) is 0 Å². The quantitative estimate of drug-likeness (QED) is 0.746. The summed E-state index contributed by atoms with van der Waals surface area (Å²) in [7, 11) is 0. The van der Waals surface area contributed by atoms with E-state index in [-0.39, 0.29) is 24.9 Å². The van der Waals surface area contributed by atoms with Gasteiger partial charge in [0.05, 0.1) is 0 Å². The first-order chi connectivity index (χ1) is 12.2. The zero-order valence-corrected chi connectivity index (χ0v) is 16.8. The molecule has 1 aromatic rings. The minimum Gasteiger partial charge on any atom is -0.484 e. The fraction of sp³-hybridized carbons (Fsp3) is 0.667. The first-order valence-corrected chi connectivity index (χ1v) is 9.94. The Morgan fingerprint density at radius 1 is 1.04 bits per heavy atom. The van der Waals surface area contributed by atoms with Gasteiger partial charge in [-0.3, -0.25) is 4.79 Å². The van der Waals surface area contributed by atoms with Crippen LogP contribution in [0.25, 0.3) is 0 Å². The summed E-state index contributed by atoms with van der Waals surface area (Å²) in [5.41, 5.74) is 1.20. The minimum absolute atomic E-state index is 0. The predicted molar refractivity (Wildman–Crippen MR) is 108 cm³/mol. The van der Waals surface area contributed by atoms with E-state index in [1.807, 2.05) is 24.3 Å². The molecule has 5 heteroatoms. The second kappa shape index (κ2) is 10.8. The highest BCUT2D eigenvalue weighted by Gasteiger charge is 2.27. The standard InChI is InChI=1S/C21H32N2O2.ClH/c1-18-8-10-20(11-9-18)25-17-21(24)23-15-6-3-7-19(23)12-16-22-13-4-2-5-14-22;/h8-11,19H,2-7,12-17H2,1H3;1H. The van der Waals surface area contributed by atoms with E-state index in [1.165, 1.54) is 44.3 Å². The Morgan fingerprint density at radius 3 is 2.46 bits per heavy atom. The number of amides is 1. The van der Waals surface area contributed by atoms with Crippen LogP contribution in [0.4, 0.5) is 0 Å². The highest BCUT2D eigenvalue weighted by molar-refractivity contribution is 5.85. The lowest BCUT2D eigenvalue weighted by molar-refractivity contribution is -0.137. The Bertz CT molecular complexity index is 543. The number of halogens is 1. The SMILES string of the molecule is Cc1ccc(OCC(=O)N2CCCCC2CCN2CCCCC2)cc1.Cl. The Balaban J connectivity index is 0.00000243. The molecule has 2 fully saturated rings. The molecule has 2 aliphatic heterocycles. The van der Waals surface area contributed by atoms with Crippen molar-refractivity contribution in [2.24, 2.45) is 0 Å². The number of hydrogen-bond acceptors (Lipinski definition) is 3. The summed E-state index contributed by atoms with van der Waals surface area (Å²) < 4.78 is 5.72. The summed E-state index contributed by atoms with van der Waals surface area (Å²) in [4.78, 5) is 17.3. The van der Waals surface area contributed by atoms with Crippen LogP contribution in [0.5, 0.6) is 5.75 Å². The van der Waals surface area contributed by atoms with Gasteiger partial charge in [0.25, 0.3) is 5.91 Å². The van der Waals surface area contributed by atoms with E-state index in [0.717, 1.165) is 38.1 Å².